The number of hydrogen-bond acceptors (Lipinski definition) is 7. The molecule has 3 N–H and O–H groups in total. The number of aromatic nitrogens is 2. The molecule has 0 radical (unpaired) electrons. The zero-order chi connectivity index (χ0) is 28.8. The number of nitrogens with zero attached hydrogens (tertiary/aromatic N) is 2. The summed E-state index contributed by atoms with van der Waals surface area (Å²) in [7, 11) is -3.88. The second-order valence-corrected chi connectivity index (χ2v) is 14.5. The Morgan fingerprint density at radius 1 is 1.03 bits per heavy atom. The van der Waals surface area contributed by atoms with E-state index in [9.17, 15) is 9.36 Å². The molecule has 0 spiro atoms. The van der Waals surface area contributed by atoms with E-state index in [0.29, 0.717) is 17.8 Å². The van der Waals surface area contributed by atoms with Gasteiger partial charge in [0.15, 0.2) is 6.73 Å². The van der Waals surface area contributed by atoms with Crippen molar-refractivity contribution in [1.29, 1.82) is 0 Å². The summed E-state index contributed by atoms with van der Waals surface area (Å²) in [4.78, 5) is 12.9. The molecule has 39 heavy (non-hydrogen) atoms. The Balaban J connectivity index is 1.44. The first-order valence-electron chi connectivity index (χ1n) is 13.9. The van der Waals surface area contributed by atoms with Gasteiger partial charge in [-0.2, -0.15) is 5.10 Å². The number of amides is 1. The van der Waals surface area contributed by atoms with Crippen molar-refractivity contribution in [2.24, 2.45) is 23.5 Å². The molecule has 2 aliphatic rings. The Morgan fingerprint density at radius 3 is 2.00 bits per heavy atom. The summed E-state index contributed by atoms with van der Waals surface area (Å²) in [5.74, 6) is 1.42. The molecule has 2 fully saturated rings. The molecule has 1 aromatic heterocycles. The third-order valence-corrected chi connectivity index (χ3v) is 8.96. The van der Waals surface area contributed by atoms with E-state index in [1.165, 1.54) is 25.7 Å². The first-order chi connectivity index (χ1) is 18.1. The van der Waals surface area contributed by atoms with Gasteiger partial charge in [0.2, 0.25) is 5.91 Å². The topological polar surface area (TPSA) is 118 Å². The number of nitrogens with two attached hydrogens (primary N) is 1. The zero-order valence-corrected chi connectivity index (χ0v) is 25.5. The van der Waals surface area contributed by atoms with Crippen LogP contribution in [-0.2, 0) is 29.7 Å². The highest BCUT2D eigenvalue weighted by atomic mass is 31.2. The summed E-state index contributed by atoms with van der Waals surface area (Å²) in [6.45, 7) is 14.6. The van der Waals surface area contributed by atoms with E-state index < -0.39 is 25.1 Å². The molecule has 2 aromatic rings. The lowest BCUT2D eigenvalue weighted by Gasteiger charge is -2.30. The maximum atomic E-state index is 13.4. The van der Waals surface area contributed by atoms with Gasteiger partial charge in [0, 0.05) is 16.9 Å². The van der Waals surface area contributed by atoms with E-state index in [4.69, 9.17) is 19.3 Å². The molecule has 2 saturated carbocycles. The van der Waals surface area contributed by atoms with Gasteiger partial charge in [-0.25, -0.2) is 9.25 Å². The number of hydrogen-bond donors (Lipinski definition) is 2. The molecular weight excluding hydrogens is 515 g/mol. The minimum atomic E-state index is -3.88. The van der Waals surface area contributed by atoms with E-state index >= 15 is 0 Å². The maximum Gasteiger partial charge on any atom is 0.477 e. The molecule has 0 aliphatic heterocycles. The van der Waals surface area contributed by atoms with E-state index in [1.54, 1.807) is 46.2 Å². The monoisotopic (exact) mass is 560 g/mol. The number of anilines is 1. The Morgan fingerprint density at radius 2 is 1.54 bits per heavy atom. The van der Waals surface area contributed by atoms with Crippen LogP contribution in [0, 0.1) is 31.6 Å². The van der Waals surface area contributed by atoms with Crippen LogP contribution in [-0.4, -0.2) is 32.9 Å². The summed E-state index contributed by atoms with van der Waals surface area (Å²) in [5.41, 5.74) is 9.22. The second kappa shape index (κ2) is 11.1. The van der Waals surface area contributed by atoms with Gasteiger partial charge >= 0.3 is 7.82 Å². The molecule has 0 bridgehead atoms. The average Bonchev–Trinajstić information content (AvgIpc) is 3.71. The quantitative estimate of drug-likeness (QED) is 0.298. The van der Waals surface area contributed by atoms with Crippen molar-refractivity contribution in [2.75, 3.05) is 5.32 Å². The Kier molecular flexibility index (Phi) is 8.52. The Bertz CT molecular complexity index is 1190. The molecule has 1 atom stereocenters. The second-order valence-electron chi connectivity index (χ2n) is 13.0. The molecule has 2 aliphatic carbocycles. The SMILES string of the molecule is Cc1nn(COP(=O)(OC(C)(C)C)OC(C)(C)C)c(C)c1-c1ccc(NC(=O)[C@@H](N)C(C2CC2)C2CC2)cc1. The van der Waals surface area contributed by atoms with Crippen molar-refractivity contribution in [3.63, 3.8) is 0 Å². The highest BCUT2D eigenvalue weighted by Crippen LogP contribution is 2.55. The number of benzene rings is 1. The van der Waals surface area contributed by atoms with Crippen molar-refractivity contribution in [3.8, 4) is 11.1 Å². The maximum absolute atomic E-state index is 13.4. The van der Waals surface area contributed by atoms with Crippen LogP contribution in [0.4, 0.5) is 5.69 Å². The van der Waals surface area contributed by atoms with E-state index in [-0.39, 0.29) is 12.6 Å². The van der Waals surface area contributed by atoms with E-state index in [2.05, 4.69) is 10.4 Å². The predicted molar refractivity (Wildman–Crippen MR) is 153 cm³/mol. The molecule has 0 saturated heterocycles. The summed E-state index contributed by atoms with van der Waals surface area (Å²) in [6, 6.07) is 7.22. The van der Waals surface area contributed by atoms with Crippen LogP contribution < -0.4 is 11.1 Å². The van der Waals surface area contributed by atoms with Crippen molar-refractivity contribution >= 4 is 19.4 Å². The van der Waals surface area contributed by atoms with Gasteiger partial charge in [-0.05, 0) is 117 Å². The molecule has 1 amide bonds. The lowest BCUT2D eigenvalue weighted by atomic mass is 9.89. The minimum Gasteiger partial charge on any atom is -0.325 e. The van der Waals surface area contributed by atoms with Crippen LogP contribution in [0.15, 0.2) is 24.3 Å². The van der Waals surface area contributed by atoms with Gasteiger partial charge in [-0.1, -0.05) is 12.1 Å². The van der Waals surface area contributed by atoms with Gasteiger partial charge in [0.05, 0.1) is 22.9 Å². The molecule has 0 unspecified atom stereocenters. The third kappa shape index (κ3) is 8.01. The molecule has 1 heterocycles. The zero-order valence-electron chi connectivity index (χ0n) is 24.6. The molecule has 4 rings (SSSR count). The number of phosphoric ester groups is 1. The van der Waals surface area contributed by atoms with Crippen molar-refractivity contribution in [2.45, 2.75) is 105 Å². The van der Waals surface area contributed by atoms with Crippen LogP contribution in [0.5, 0.6) is 0 Å². The van der Waals surface area contributed by atoms with Crippen LogP contribution in [0.2, 0.25) is 0 Å². The molecule has 9 nitrogen and oxygen atoms in total. The van der Waals surface area contributed by atoms with Gasteiger partial charge in [-0.3, -0.25) is 18.4 Å². The lowest BCUT2D eigenvalue weighted by molar-refractivity contribution is -0.118. The normalized spacial score (nSPS) is 17.5. The molecule has 10 heteroatoms. The number of phosphoric acid groups is 1. The van der Waals surface area contributed by atoms with Crippen LogP contribution >= 0.6 is 7.82 Å². The minimum absolute atomic E-state index is 0.0920. The first kappa shape index (κ1) is 29.9. The fourth-order valence-corrected chi connectivity index (χ4v) is 6.90. The van der Waals surface area contributed by atoms with E-state index in [0.717, 1.165) is 28.2 Å². The summed E-state index contributed by atoms with van der Waals surface area (Å²) < 4.78 is 32.3. The smallest absolute Gasteiger partial charge is 0.325 e. The summed E-state index contributed by atoms with van der Waals surface area (Å²) in [6.07, 6.45) is 4.77. The average molecular weight is 561 g/mol. The number of carbonyl (C=O) groups excluding carboxylic acids is 1. The Hall–Kier alpha value is -2.03. The van der Waals surface area contributed by atoms with Crippen LogP contribution in [0.1, 0.15) is 78.6 Å². The molecular formula is C29H45N4O5P. The highest BCUT2D eigenvalue weighted by Gasteiger charge is 2.46. The van der Waals surface area contributed by atoms with Crippen molar-refractivity contribution in [3.05, 3.63) is 35.7 Å². The highest BCUT2D eigenvalue weighted by molar-refractivity contribution is 7.48. The van der Waals surface area contributed by atoms with Gasteiger partial charge < -0.3 is 11.1 Å². The van der Waals surface area contributed by atoms with Crippen molar-refractivity contribution < 1.29 is 22.9 Å². The number of nitrogens with one attached hydrogen (secondary N) is 1. The summed E-state index contributed by atoms with van der Waals surface area (Å²) in [5, 5.41) is 7.62. The Labute approximate surface area is 232 Å². The van der Waals surface area contributed by atoms with Gasteiger partial charge in [0.1, 0.15) is 0 Å². The van der Waals surface area contributed by atoms with Crippen LogP contribution in [0.3, 0.4) is 0 Å². The van der Waals surface area contributed by atoms with E-state index in [1.807, 2.05) is 38.1 Å². The number of rotatable bonds is 11. The lowest BCUT2D eigenvalue weighted by Crippen LogP contribution is -2.43. The molecule has 216 valence electrons. The van der Waals surface area contributed by atoms with Gasteiger partial charge in [0.25, 0.3) is 0 Å². The van der Waals surface area contributed by atoms with Crippen molar-refractivity contribution in [1.82, 2.24) is 9.78 Å². The summed E-state index contributed by atoms with van der Waals surface area (Å²) >= 11 is 0. The molecule has 1 aromatic carbocycles. The van der Waals surface area contributed by atoms with Gasteiger partial charge in [-0.15, -0.1) is 0 Å². The number of aryl methyl sites for hydroxylation is 1. The fourth-order valence-electron chi connectivity index (χ4n) is 5.16. The fraction of sp³-hybridized carbons (Fsp3) is 0.655. The number of carbonyl (C=O) groups is 1. The van der Waals surface area contributed by atoms with Crippen LogP contribution in [0.25, 0.3) is 11.1 Å². The third-order valence-electron chi connectivity index (χ3n) is 6.98. The predicted octanol–water partition coefficient (Wildman–Crippen LogP) is 6.58. The first-order valence-corrected chi connectivity index (χ1v) is 15.4. The largest absolute Gasteiger partial charge is 0.477 e. The standard InChI is InChI=1S/C29H45N4O5P/c1-18-24(19(2)33(32-18)17-36-39(35,37-28(3,4)5)38-29(6,7)8)20-13-15-23(16-14-20)31-27(34)26(30)25(21-9-10-21)22-11-12-22/h13-16,21-22,25-26H,9-12,17,30H2,1-8H3,(H,31,34)/t26-/m0/s1.